The van der Waals surface area contributed by atoms with Crippen LogP contribution in [0.1, 0.15) is 24.3 Å². The van der Waals surface area contributed by atoms with Crippen molar-refractivity contribution in [1.82, 2.24) is 5.32 Å². The first-order chi connectivity index (χ1) is 9.00. The molecule has 1 aromatic carbocycles. The standard InChI is InChI=1S/C13H13ClFNO3/c14-9-2-1-3-10(15)12(9)7-6-8(7)13(19)16-5-4-11(17)18/h1-3,7-8H,4-6H2,(H,16,19)(H,17,18)/t7-,8+/m1/s1. The molecule has 1 fully saturated rings. The number of carbonyl (C=O) groups excluding carboxylic acids is 1. The van der Waals surface area contributed by atoms with Crippen molar-refractivity contribution >= 4 is 23.5 Å². The van der Waals surface area contributed by atoms with E-state index in [0.29, 0.717) is 17.0 Å². The molecule has 1 amide bonds. The number of nitrogens with one attached hydrogen (secondary N) is 1. The monoisotopic (exact) mass is 285 g/mol. The molecule has 0 radical (unpaired) electrons. The predicted molar refractivity (Wildman–Crippen MR) is 67.5 cm³/mol. The second-order valence-electron chi connectivity index (χ2n) is 4.52. The van der Waals surface area contributed by atoms with Gasteiger partial charge in [-0.25, -0.2) is 4.39 Å². The Bertz CT molecular complexity index is 500. The quantitative estimate of drug-likeness (QED) is 0.871. The van der Waals surface area contributed by atoms with E-state index in [1.54, 1.807) is 6.07 Å². The molecule has 4 nitrogen and oxygen atoms in total. The highest BCUT2D eigenvalue weighted by molar-refractivity contribution is 6.31. The molecule has 0 bridgehead atoms. The number of hydrogen-bond acceptors (Lipinski definition) is 2. The summed E-state index contributed by atoms with van der Waals surface area (Å²) in [6, 6.07) is 4.43. The molecule has 0 heterocycles. The minimum Gasteiger partial charge on any atom is -0.481 e. The van der Waals surface area contributed by atoms with Gasteiger partial charge in [-0.1, -0.05) is 17.7 Å². The second kappa shape index (κ2) is 5.57. The van der Waals surface area contributed by atoms with Crippen molar-refractivity contribution < 1.29 is 19.1 Å². The first-order valence-corrected chi connectivity index (χ1v) is 6.32. The first kappa shape index (κ1) is 13.8. The van der Waals surface area contributed by atoms with Gasteiger partial charge >= 0.3 is 5.97 Å². The molecule has 1 aliphatic carbocycles. The van der Waals surface area contributed by atoms with Crippen molar-refractivity contribution in [3.05, 3.63) is 34.6 Å². The highest BCUT2D eigenvalue weighted by atomic mass is 35.5. The number of halogens is 2. The van der Waals surface area contributed by atoms with E-state index in [1.165, 1.54) is 12.1 Å². The summed E-state index contributed by atoms with van der Waals surface area (Å²) in [4.78, 5) is 22.0. The Labute approximate surface area is 114 Å². The number of carbonyl (C=O) groups is 2. The number of aliphatic carboxylic acids is 1. The molecule has 1 aliphatic rings. The lowest BCUT2D eigenvalue weighted by atomic mass is 10.1. The van der Waals surface area contributed by atoms with E-state index in [9.17, 15) is 14.0 Å². The van der Waals surface area contributed by atoms with Gasteiger partial charge in [-0.3, -0.25) is 9.59 Å². The minimum absolute atomic E-state index is 0.0857. The highest BCUT2D eigenvalue weighted by Crippen LogP contribution is 2.50. The SMILES string of the molecule is O=C(O)CCNC(=O)[C@H]1C[C@H]1c1c(F)cccc1Cl. The van der Waals surface area contributed by atoms with Crippen LogP contribution in [0.3, 0.4) is 0 Å². The van der Waals surface area contributed by atoms with Crippen LogP contribution in [0.4, 0.5) is 4.39 Å². The molecule has 102 valence electrons. The van der Waals surface area contributed by atoms with Crippen LogP contribution in [-0.4, -0.2) is 23.5 Å². The molecule has 1 aromatic rings. The Kier molecular flexibility index (Phi) is 4.04. The van der Waals surface area contributed by atoms with Crippen LogP contribution in [0, 0.1) is 11.7 Å². The van der Waals surface area contributed by atoms with Crippen molar-refractivity contribution in [2.45, 2.75) is 18.8 Å². The van der Waals surface area contributed by atoms with Crippen molar-refractivity contribution in [1.29, 1.82) is 0 Å². The maximum Gasteiger partial charge on any atom is 0.305 e. The molecule has 0 aromatic heterocycles. The smallest absolute Gasteiger partial charge is 0.305 e. The fourth-order valence-electron chi connectivity index (χ4n) is 2.09. The van der Waals surface area contributed by atoms with Crippen molar-refractivity contribution in [2.24, 2.45) is 5.92 Å². The Balaban J connectivity index is 1.93. The predicted octanol–water partition coefficient (Wildman–Crippen LogP) is 2.17. The zero-order valence-corrected chi connectivity index (χ0v) is 10.8. The van der Waals surface area contributed by atoms with Crippen LogP contribution in [-0.2, 0) is 9.59 Å². The Morgan fingerprint density at radius 2 is 2.21 bits per heavy atom. The second-order valence-corrected chi connectivity index (χ2v) is 4.93. The number of benzene rings is 1. The summed E-state index contributed by atoms with van der Waals surface area (Å²) in [5.41, 5.74) is 0.377. The average Bonchev–Trinajstić information content (AvgIpc) is 3.08. The molecule has 0 unspecified atom stereocenters. The molecule has 2 N–H and O–H groups in total. The van der Waals surface area contributed by atoms with Crippen LogP contribution >= 0.6 is 11.6 Å². The summed E-state index contributed by atoms with van der Waals surface area (Å²) in [6.07, 6.45) is 0.420. The maximum absolute atomic E-state index is 13.6. The molecular formula is C13H13ClFNO3. The van der Waals surface area contributed by atoms with E-state index >= 15 is 0 Å². The number of amides is 1. The van der Waals surface area contributed by atoms with E-state index in [0.717, 1.165) is 0 Å². The third-order valence-corrected chi connectivity index (χ3v) is 3.47. The summed E-state index contributed by atoms with van der Waals surface area (Å²) >= 11 is 5.93. The number of carboxylic acid groups (broad SMARTS) is 1. The van der Waals surface area contributed by atoms with E-state index in [4.69, 9.17) is 16.7 Å². The van der Waals surface area contributed by atoms with Crippen LogP contribution in [0.25, 0.3) is 0 Å². The highest BCUT2D eigenvalue weighted by Gasteiger charge is 2.46. The number of carboxylic acids is 1. The zero-order valence-electron chi connectivity index (χ0n) is 10.0. The summed E-state index contributed by atoms with van der Waals surface area (Å²) in [5, 5.41) is 11.3. The Morgan fingerprint density at radius 1 is 1.47 bits per heavy atom. The molecule has 0 aliphatic heterocycles. The third kappa shape index (κ3) is 3.23. The molecule has 2 atom stereocenters. The maximum atomic E-state index is 13.6. The van der Waals surface area contributed by atoms with Gasteiger partial charge < -0.3 is 10.4 Å². The molecule has 19 heavy (non-hydrogen) atoms. The number of hydrogen-bond donors (Lipinski definition) is 2. The van der Waals surface area contributed by atoms with Crippen LogP contribution in [0.15, 0.2) is 18.2 Å². The van der Waals surface area contributed by atoms with E-state index < -0.39 is 11.8 Å². The summed E-state index contributed by atoms with van der Waals surface area (Å²) in [5.74, 6) is -2.14. The van der Waals surface area contributed by atoms with Crippen LogP contribution in [0.2, 0.25) is 5.02 Å². The van der Waals surface area contributed by atoms with E-state index in [1.807, 2.05) is 0 Å². The Hall–Kier alpha value is -1.62. The van der Waals surface area contributed by atoms with Gasteiger partial charge in [0.05, 0.1) is 6.42 Å². The van der Waals surface area contributed by atoms with E-state index in [2.05, 4.69) is 5.32 Å². The lowest BCUT2D eigenvalue weighted by Gasteiger charge is -2.06. The fourth-order valence-corrected chi connectivity index (χ4v) is 2.40. The lowest BCUT2D eigenvalue weighted by molar-refractivity contribution is -0.136. The molecule has 1 saturated carbocycles. The number of rotatable bonds is 5. The fraction of sp³-hybridized carbons (Fsp3) is 0.385. The lowest BCUT2D eigenvalue weighted by Crippen LogP contribution is -2.27. The zero-order chi connectivity index (χ0) is 14.0. The van der Waals surface area contributed by atoms with Gasteiger partial charge in [0.2, 0.25) is 5.91 Å². The summed E-state index contributed by atoms with van der Waals surface area (Å²) in [7, 11) is 0. The topological polar surface area (TPSA) is 66.4 Å². The van der Waals surface area contributed by atoms with E-state index in [-0.39, 0.29) is 30.7 Å². The molecule has 0 saturated heterocycles. The van der Waals surface area contributed by atoms with Gasteiger partial charge in [0.1, 0.15) is 5.82 Å². The third-order valence-electron chi connectivity index (χ3n) is 3.14. The average molecular weight is 286 g/mol. The van der Waals surface area contributed by atoms with Crippen molar-refractivity contribution in [2.75, 3.05) is 6.54 Å². The molecule has 2 rings (SSSR count). The summed E-state index contributed by atoms with van der Waals surface area (Å²) < 4.78 is 13.6. The van der Waals surface area contributed by atoms with Crippen molar-refractivity contribution in [3.8, 4) is 0 Å². The van der Waals surface area contributed by atoms with Crippen LogP contribution in [0.5, 0.6) is 0 Å². The van der Waals surface area contributed by atoms with Gasteiger partial charge in [-0.15, -0.1) is 0 Å². The van der Waals surface area contributed by atoms with Gasteiger partial charge in [-0.05, 0) is 18.6 Å². The normalized spacial score (nSPS) is 20.9. The summed E-state index contributed by atoms with van der Waals surface area (Å²) in [6.45, 7) is 0.0857. The molecule has 6 heteroatoms. The first-order valence-electron chi connectivity index (χ1n) is 5.94. The molecule has 0 spiro atoms. The van der Waals surface area contributed by atoms with Gasteiger partial charge in [0, 0.05) is 29.0 Å². The van der Waals surface area contributed by atoms with Crippen LogP contribution < -0.4 is 5.32 Å². The van der Waals surface area contributed by atoms with Crippen molar-refractivity contribution in [3.63, 3.8) is 0 Å². The van der Waals surface area contributed by atoms with Gasteiger partial charge in [0.15, 0.2) is 0 Å². The largest absolute Gasteiger partial charge is 0.481 e. The molecular weight excluding hydrogens is 273 g/mol. The minimum atomic E-state index is -0.968. The van der Waals surface area contributed by atoms with Gasteiger partial charge in [0.25, 0.3) is 0 Å². The Morgan fingerprint density at radius 3 is 2.84 bits per heavy atom. The van der Waals surface area contributed by atoms with Gasteiger partial charge in [-0.2, -0.15) is 0 Å².